The molecule has 4 heteroatoms. The van der Waals surface area contributed by atoms with Gasteiger partial charge in [0.2, 0.25) is 5.91 Å². The van der Waals surface area contributed by atoms with Crippen molar-refractivity contribution >= 4 is 5.91 Å². The number of carbonyl (C=O) groups excluding carboxylic acids is 1. The lowest BCUT2D eigenvalue weighted by Crippen LogP contribution is -2.44. The van der Waals surface area contributed by atoms with Crippen molar-refractivity contribution in [1.29, 1.82) is 0 Å². The first-order valence-electron chi connectivity index (χ1n) is 7.70. The second-order valence-electron chi connectivity index (χ2n) is 6.26. The molecule has 0 bridgehead atoms. The molecule has 1 saturated carbocycles. The summed E-state index contributed by atoms with van der Waals surface area (Å²) < 4.78 is 5.35. The Balaban J connectivity index is 1.86. The summed E-state index contributed by atoms with van der Waals surface area (Å²) in [7, 11) is 1.76. The van der Waals surface area contributed by atoms with E-state index in [9.17, 15) is 4.79 Å². The van der Waals surface area contributed by atoms with E-state index in [2.05, 4.69) is 0 Å². The van der Waals surface area contributed by atoms with Crippen LogP contribution in [0.2, 0.25) is 0 Å². The van der Waals surface area contributed by atoms with Crippen molar-refractivity contribution in [2.24, 2.45) is 11.1 Å². The number of carbonyl (C=O) groups is 1. The fourth-order valence-electron chi connectivity index (χ4n) is 3.53. The van der Waals surface area contributed by atoms with Crippen molar-refractivity contribution in [1.82, 2.24) is 4.90 Å². The van der Waals surface area contributed by atoms with Gasteiger partial charge < -0.3 is 15.4 Å². The van der Waals surface area contributed by atoms with Gasteiger partial charge in [-0.05, 0) is 37.6 Å². The lowest BCUT2D eigenvalue weighted by atomic mass is 9.71. The van der Waals surface area contributed by atoms with Crippen LogP contribution in [0.5, 0.6) is 0 Å². The van der Waals surface area contributed by atoms with Gasteiger partial charge in [-0.25, -0.2) is 0 Å². The van der Waals surface area contributed by atoms with Crippen molar-refractivity contribution in [3.8, 4) is 0 Å². The van der Waals surface area contributed by atoms with Crippen LogP contribution < -0.4 is 5.73 Å². The molecular weight excluding hydrogens is 240 g/mol. The molecule has 1 aliphatic heterocycles. The van der Waals surface area contributed by atoms with Crippen LogP contribution in [0.25, 0.3) is 0 Å². The van der Waals surface area contributed by atoms with E-state index in [-0.39, 0.29) is 5.41 Å². The van der Waals surface area contributed by atoms with E-state index in [4.69, 9.17) is 10.5 Å². The van der Waals surface area contributed by atoms with Gasteiger partial charge in [0.15, 0.2) is 0 Å². The molecule has 1 amide bonds. The fourth-order valence-corrected chi connectivity index (χ4v) is 3.53. The molecule has 0 atom stereocenters. The van der Waals surface area contributed by atoms with E-state index < -0.39 is 0 Å². The minimum absolute atomic E-state index is 0.0907. The summed E-state index contributed by atoms with van der Waals surface area (Å²) >= 11 is 0. The predicted molar refractivity (Wildman–Crippen MR) is 75.8 cm³/mol. The summed E-state index contributed by atoms with van der Waals surface area (Å²) in [4.78, 5) is 14.5. The third-order valence-electron chi connectivity index (χ3n) is 5.00. The maximum absolute atomic E-state index is 12.5. The van der Waals surface area contributed by atoms with Crippen LogP contribution in [0.1, 0.15) is 51.4 Å². The van der Waals surface area contributed by atoms with Crippen LogP contribution in [0, 0.1) is 5.41 Å². The highest BCUT2D eigenvalue weighted by Crippen LogP contribution is 2.39. The Labute approximate surface area is 116 Å². The summed E-state index contributed by atoms with van der Waals surface area (Å²) in [6.45, 7) is 2.35. The minimum Gasteiger partial charge on any atom is -0.381 e. The van der Waals surface area contributed by atoms with Gasteiger partial charge in [0.25, 0.3) is 0 Å². The van der Waals surface area contributed by atoms with Gasteiger partial charge in [-0.1, -0.05) is 19.3 Å². The van der Waals surface area contributed by atoms with Crippen molar-refractivity contribution in [3.05, 3.63) is 0 Å². The monoisotopic (exact) mass is 268 g/mol. The molecule has 0 aromatic heterocycles. The Hall–Kier alpha value is -0.610. The quantitative estimate of drug-likeness (QED) is 0.847. The second-order valence-corrected chi connectivity index (χ2v) is 6.26. The highest BCUT2D eigenvalue weighted by Gasteiger charge is 2.35. The molecule has 0 radical (unpaired) electrons. The lowest BCUT2D eigenvalue weighted by Gasteiger charge is -2.38. The molecule has 0 spiro atoms. The SMILES string of the molecule is COC1CCN(C(=O)CC2(CN)CCCCC2)CC1. The molecular formula is C15H28N2O2. The molecule has 2 N–H and O–H groups in total. The zero-order valence-electron chi connectivity index (χ0n) is 12.2. The van der Waals surface area contributed by atoms with Gasteiger partial charge in [-0.3, -0.25) is 4.79 Å². The number of piperidine rings is 1. The van der Waals surface area contributed by atoms with Gasteiger partial charge in [0, 0.05) is 26.6 Å². The third-order valence-corrected chi connectivity index (χ3v) is 5.00. The van der Waals surface area contributed by atoms with Gasteiger partial charge in [-0.15, -0.1) is 0 Å². The molecule has 0 unspecified atom stereocenters. The molecule has 110 valence electrons. The molecule has 0 aromatic rings. The average Bonchev–Trinajstić information content (AvgIpc) is 2.48. The largest absolute Gasteiger partial charge is 0.381 e. The Morgan fingerprint density at radius 3 is 2.42 bits per heavy atom. The predicted octanol–water partition coefficient (Wildman–Crippen LogP) is 1.92. The summed E-state index contributed by atoms with van der Waals surface area (Å²) in [6.07, 6.45) is 8.95. The van der Waals surface area contributed by atoms with E-state index in [1.165, 1.54) is 19.3 Å². The molecule has 2 fully saturated rings. The molecule has 0 aromatic carbocycles. The standard InChI is InChI=1S/C15H28N2O2/c1-19-13-5-9-17(10-6-13)14(18)11-15(12-16)7-3-2-4-8-15/h13H,2-12,16H2,1H3. The highest BCUT2D eigenvalue weighted by atomic mass is 16.5. The van der Waals surface area contributed by atoms with Crippen molar-refractivity contribution < 1.29 is 9.53 Å². The first-order chi connectivity index (χ1) is 9.19. The number of hydrogen-bond donors (Lipinski definition) is 1. The minimum atomic E-state index is 0.0907. The average molecular weight is 268 g/mol. The van der Waals surface area contributed by atoms with Gasteiger partial charge in [0.1, 0.15) is 0 Å². The van der Waals surface area contributed by atoms with Crippen LogP contribution in [0.4, 0.5) is 0 Å². The summed E-state index contributed by atoms with van der Waals surface area (Å²) in [6, 6.07) is 0. The Morgan fingerprint density at radius 1 is 1.26 bits per heavy atom. The third kappa shape index (κ3) is 3.69. The zero-order chi connectivity index (χ0) is 13.7. The van der Waals surface area contributed by atoms with Gasteiger partial charge in [0.05, 0.1) is 6.10 Å². The Morgan fingerprint density at radius 2 is 1.89 bits per heavy atom. The van der Waals surface area contributed by atoms with Crippen LogP contribution >= 0.6 is 0 Å². The van der Waals surface area contributed by atoms with E-state index in [1.807, 2.05) is 4.90 Å². The maximum atomic E-state index is 12.5. The molecule has 4 nitrogen and oxygen atoms in total. The van der Waals surface area contributed by atoms with Crippen LogP contribution in [-0.4, -0.2) is 43.7 Å². The molecule has 2 rings (SSSR count). The lowest BCUT2D eigenvalue weighted by molar-refractivity contribution is -0.136. The van der Waals surface area contributed by atoms with Gasteiger partial charge in [-0.2, -0.15) is 0 Å². The first-order valence-corrected chi connectivity index (χ1v) is 7.70. The van der Waals surface area contributed by atoms with E-state index >= 15 is 0 Å². The normalized spacial score (nSPS) is 24.4. The maximum Gasteiger partial charge on any atom is 0.223 e. The van der Waals surface area contributed by atoms with Crippen LogP contribution in [0.15, 0.2) is 0 Å². The smallest absolute Gasteiger partial charge is 0.223 e. The van der Waals surface area contributed by atoms with Gasteiger partial charge >= 0.3 is 0 Å². The van der Waals surface area contributed by atoms with Crippen molar-refractivity contribution in [3.63, 3.8) is 0 Å². The molecule has 2 aliphatic rings. The number of likely N-dealkylation sites (tertiary alicyclic amines) is 1. The summed E-state index contributed by atoms with van der Waals surface area (Å²) in [5.41, 5.74) is 6.06. The number of nitrogens with zero attached hydrogens (tertiary/aromatic N) is 1. The van der Waals surface area contributed by atoms with E-state index in [0.29, 0.717) is 25.0 Å². The molecule has 1 aliphatic carbocycles. The van der Waals surface area contributed by atoms with E-state index in [1.54, 1.807) is 7.11 Å². The number of hydrogen-bond acceptors (Lipinski definition) is 3. The molecule has 19 heavy (non-hydrogen) atoms. The van der Waals surface area contributed by atoms with Crippen molar-refractivity contribution in [2.45, 2.75) is 57.5 Å². The fraction of sp³-hybridized carbons (Fsp3) is 0.933. The van der Waals surface area contributed by atoms with Crippen LogP contribution in [-0.2, 0) is 9.53 Å². The number of amides is 1. The second kappa shape index (κ2) is 6.71. The zero-order valence-corrected chi connectivity index (χ0v) is 12.2. The highest BCUT2D eigenvalue weighted by molar-refractivity contribution is 5.77. The Kier molecular flexibility index (Phi) is 5.22. The van der Waals surface area contributed by atoms with E-state index in [0.717, 1.165) is 38.8 Å². The number of ether oxygens (including phenoxy) is 1. The number of methoxy groups -OCH3 is 1. The molecule has 1 heterocycles. The number of nitrogens with two attached hydrogens (primary N) is 1. The van der Waals surface area contributed by atoms with Crippen molar-refractivity contribution in [2.75, 3.05) is 26.7 Å². The summed E-state index contributed by atoms with van der Waals surface area (Å²) in [5, 5.41) is 0. The van der Waals surface area contributed by atoms with Crippen LogP contribution in [0.3, 0.4) is 0 Å². The first kappa shape index (κ1) is 14.8. The Bertz CT molecular complexity index is 293. The summed E-state index contributed by atoms with van der Waals surface area (Å²) in [5.74, 6) is 0.307. The topological polar surface area (TPSA) is 55.6 Å². The molecule has 1 saturated heterocycles. The number of rotatable bonds is 4.